The van der Waals surface area contributed by atoms with E-state index in [0.717, 1.165) is 12.3 Å². The topological polar surface area (TPSA) is 26.0 Å². The van der Waals surface area contributed by atoms with Crippen molar-refractivity contribution in [3.8, 4) is 0 Å². The van der Waals surface area contributed by atoms with Gasteiger partial charge in [-0.1, -0.05) is 27.7 Å². The first-order valence-corrected chi connectivity index (χ1v) is 6.13. The van der Waals surface area contributed by atoms with E-state index in [1.54, 1.807) is 0 Å². The van der Waals surface area contributed by atoms with Crippen LogP contribution in [0.15, 0.2) is 0 Å². The van der Waals surface area contributed by atoms with Crippen molar-refractivity contribution in [1.82, 2.24) is 0 Å². The van der Waals surface area contributed by atoms with Crippen LogP contribution in [0.2, 0.25) is 0 Å². The molecule has 89 valence electrons. The summed E-state index contributed by atoms with van der Waals surface area (Å²) >= 11 is 0. The fourth-order valence-corrected chi connectivity index (χ4v) is 3.88. The van der Waals surface area contributed by atoms with Gasteiger partial charge in [-0.2, -0.15) is 0 Å². The molecule has 1 nitrogen and oxygen atoms in total. The summed E-state index contributed by atoms with van der Waals surface area (Å²) in [6, 6.07) is 0. The van der Waals surface area contributed by atoms with Crippen LogP contribution >= 0.6 is 0 Å². The van der Waals surface area contributed by atoms with Gasteiger partial charge in [-0.25, -0.2) is 0 Å². The Bertz CT molecular complexity index is 201. The lowest BCUT2D eigenvalue weighted by molar-refractivity contribution is 0.0575. The molecule has 0 saturated heterocycles. The van der Waals surface area contributed by atoms with E-state index in [-0.39, 0.29) is 5.54 Å². The van der Waals surface area contributed by atoms with Crippen molar-refractivity contribution in [3.63, 3.8) is 0 Å². The molecule has 2 N–H and O–H groups in total. The second kappa shape index (κ2) is 3.76. The van der Waals surface area contributed by atoms with Crippen LogP contribution < -0.4 is 5.73 Å². The van der Waals surface area contributed by atoms with E-state index in [2.05, 4.69) is 34.6 Å². The Balaban J connectivity index is 2.68. The zero-order chi connectivity index (χ0) is 11.9. The molecule has 0 bridgehead atoms. The fourth-order valence-electron chi connectivity index (χ4n) is 3.88. The molecule has 1 unspecified atom stereocenters. The third-order valence-electron chi connectivity index (χ3n) is 3.39. The van der Waals surface area contributed by atoms with Gasteiger partial charge in [0, 0.05) is 5.54 Å². The lowest BCUT2D eigenvalue weighted by Crippen LogP contribution is -2.40. The molecule has 1 rings (SSSR count). The van der Waals surface area contributed by atoms with Crippen LogP contribution in [0.25, 0.3) is 0 Å². The molecule has 0 heterocycles. The van der Waals surface area contributed by atoms with Gasteiger partial charge in [0.25, 0.3) is 0 Å². The Kier molecular flexibility index (Phi) is 3.27. The maximum atomic E-state index is 6.03. The normalized spacial score (nSPS) is 26.6. The highest BCUT2D eigenvalue weighted by Gasteiger charge is 2.39. The molecule has 0 aliphatic heterocycles. The van der Waals surface area contributed by atoms with Gasteiger partial charge in [0.1, 0.15) is 0 Å². The van der Waals surface area contributed by atoms with Crippen molar-refractivity contribution in [1.29, 1.82) is 0 Å². The lowest BCUT2D eigenvalue weighted by Gasteiger charge is -2.46. The quantitative estimate of drug-likeness (QED) is 0.737. The first-order valence-electron chi connectivity index (χ1n) is 6.13. The zero-order valence-electron chi connectivity index (χ0n) is 11.2. The third-order valence-corrected chi connectivity index (χ3v) is 3.39. The minimum absolute atomic E-state index is 0.256. The number of hydrogen-bond acceptors (Lipinski definition) is 1. The monoisotopic (exact) mass is 210 g/mol. The molecule has 0 amide bonds. The fraction of sp³-hybridized carbons (Fsp3) is 0.929. The predicted octanol–water partition coefficient (Wildman–Crippen LogP) is 3.78. The molecule has 1 saturated carbocycles. The van der Waals surface area contributed by atoms with Gasteiger partial charge in [0.05, 0.1) is 0 Å². The standard InChI is InChI=1S/C14H28N/c1-12(2)7-11(9-14(5,6)15)8-13(3,4)10-12/h11H,5,7-10,15H2,1-4,6H3. The molecular weight excluding hydrogens is 182 g/mol. The summed E-state index contributed by atoms with van der Waals surface area (Å²) < 4.78 is 0. The van der Waals surface area contributed by atoms with Gasteiger partial charge < -0.3 is 5.73 Å². The van der Waals surface area contributed by atoms with Gasteiger partial charge in [0.2, 0.25) is 0 Å². The van der Waals surface area contributed by atoms with E-state index in [9.17, 15) is 0 Å². The van der Waals surface area contributed by atoms with E-state index >= 15 is 0 Å². The highest BCUT2D eigenvalue weighted by atomic mass is 14.7. The molecule has 0 aromatic rings. The van der Waals surface area contributed by atoms with Crippen molar-refractivity contribution in [2.75, 3.05) is 0 Å². The molecule has 1 atom stereocenters. The second-order valence-corrected chi connectivity index (χ2v) is 7.64. The largest absolute Gasteiger partial charge is 0.325 e. The molecule has 1 fully saturated rings. The summed E-state index contributed by atoms with van der Waals surface area (Å²) in [4.78, 5) is 0. The van der Waals surface area contributed by atoms with Gasteiger partial charge in [-0.3, -0.25) is 0 Å². The summed E-state index contributed by atoms with van der Waals surface area (Å²) in [5.74, 6) is 0.747. The Morgan fingerprint density at radius 1 is 1.20 bits per heavy atom. The van der Waals surface area contributed by atoms with Crippen molar-refractivity contribution >= 4 is 0 Å². The molecule has 0 spiro atoms. The summed E-state index contributed by atoms with van der Waals surface area (Å²) in [7, 11) is 0. The van der Waals surface area contributed by atoms with Gasteiger partial charge in [-0.15, -0.1) is 0 Å². The summed E-state index contributed by atoms with van der Waals surface area (Å²) in [5, 5.41) is 0. The second-order valence-electron chi connectivity index (χ2n) is 7.64. The third kappa shape index (κ3) is 4.55. The molecular formula is C14H28N. The van der Waals surface area contributed by atoms with E-state index < -0.39 is 0 Å². The van der Waals surface area contributed by atoms with Crippen molar-refractivity contribution in [3.05, 3.63) is 6.92 Å². The summed E-state index contributed by atoms with van der Waals surface area (Å²) in [5.41, 5.74) is 6.72. The van der Waals surface area contributed by atoms with Crippen LogP contribution in [0.1, 0.15) is 60.3 Å². The molecule has 1 aliphatic rings. The van der Waals surface area contributed by atoms with Crippen LogP contribution in [0, 0.1) is 23.7 Å². The SMILES string of the molecule is [CH2]C(C)(N)CC1CC(C)(C)CC(C)(C)C1. The average molecular weight is 210 g/mol. The number of nitrogens with two attached hydrogens (primary N) is 1. The molecule has 0 aromatic carbocycles. The van der Waals surface area contributed by atoms with E-state index in [1.807, 2.05) is 6.92 Å². The first-order chi connectivity index (χ1) is 6.49. The molecule has 1 heteroatoms. The molecule has 0 aromatic heterocycles. The minimum atomic E-state index is -0.256. The maximum Gasteiger partial charge on any atom is 0.0129 e. The number of rotatable bonds is 2. The zero-order valence-corrected chi connectivity index (χ0v) is 11.2. The van der Waals surface area contributed by atoms with Crippen LogP contribution in [0.3, 0.4) is 0 Å². The van der Waals surface area contributed by atoms with E-state index in [4.69, 9.17) is 5.73 Å². The van der Waals surface area contributed by atoms with Gasteiger partial charge >= 0.3 is 0 Å². The van der Waals surface area contributed by atoms with Gasteiger partial charge in [0.15, 0.2) is 0 Å². The first kappa shape index (κ1) is 13.0. The van der Waals surface area contributed by atoms with E-state index in [1.165, 1.54) is 19.3 Å². The Hall–Kier alpha value is -0.0400. The predicted molar refractivity (Wildman–Crippen MR) is 67.5 cm³/mol. The van der Waals surface area contributed by atoms with Crippen LogP contribution in [0.4, 0.5) is 0 Å². The Morgan fingerprint density at radius 2 is 1.60 bits per heavy atom. The van der Waals surface area contributed by atoms with Crippen LogP contribution in [-0.4, -0.2) is 5.54 Å². The molecule has 15 heavy (non-hydrogen) atoms. The molecule has 1 aliphatic carbocycles. The Morgan fingerprint density at radius 3 is 1.93 bits per heavy atom. The highest BCUT2D eigenvalue weighted by Crippen LogP contribution is 2.49. The van der Waals surface area contributed by atoms with Crippen molar-refractivity contribution < 1.29 is 0 Å². The Labute approximate surface area is 95.8 Å². The van der Waals surface area contributed by atoms with Gasteiger partial charge in [-0.05, 0) is 56.3 Å². The lowest BCUT2D eigenvalue weighted by atomic mass is 9.60. The van der Waals surface area contributed by atoms with Crippen molar-refractivity contribution in [2.45, 2.75) is 65.8 Å². The van der Waals surface area contributed by atoms with Crippen LogP contribution in [0.5, 0.6) is 0 Å². The smallest absolute Gasteiger partial charge is 0.0129 e. The highest BCUT2D eigenvalue weighted by molar-refractivity contribution is 4.93. The average Bonchev–Trinajstić information content (AvgIpc) is 1.70. The maximum absolute atomic E-state index is 6.03. The minimum Gasteiger partial charge on any atom is -0.325 e. The summed E-state index contributed by atoms with van der Waals surface area (Å²) in [6.45, 7) is 15.6. The molecule has 1 radical (unpaired) electrons. The van der Waals surface area contributed by atoms with Crippen molar-refractivity contribution in [2.24, 2.45) is 22.5 Å². The van der Waals surface area contributed by atoms with Crippen LogP contribution in [-0.2, 0) is 0 Å². The van der Waals surface area contributed by atoms with E-state index in [0.29, 0.717) is 10.8 Å². The number of hydrogen-bond donors (Lipinski definition) is 1. The summed E-state index contributed by atoms with van der Waals surface area (Å²) in [6.07, 6.45) is 4.99.